The van der Waals surface area contributed by atoms with Gasteiger partial charge in [0.25, 0.3) is 0 Å². The summed E-state index contributed by atoms with van der Waals surface area (Å²) >= 11 is 1.79. The molecule has 0 aromatic carbocycles. The zero-order valence-corrected chi connectivity index (χ0v) is 12.4. The lowest BCUT2D eigenvalue weighted by Gasteiger charge is -2.24. The minimum Gasteiger partial charge on any atom is -0.334 e. The molecular weight excluding hydrogens is 268 g/mol. The van der Waals surface area contributed by atoms with E-state index in [9.17, 15) is 0 Å². The lowest BCUT2D eigenvalue weighted by Crippen LogP contribution is -2.34. The first-order valence-electron chi connectivity index (χ1n) is 7.18. The third-order valence-corrected chi connectivity index (χ3v) is 4.51. The molecule has 0 spiro atoms. The Morgan fingerprint density at radius 2 is 1.95 bits per heavy atom. The van der Waals surface area contributed by atoms with Crippen LogP contribution in [0.3, 0.4) is 0 Å². The molecule has 0 unspecified atom stereocenters. The first kappa shape index (κ1) is 13.5. The lowest BCUT2D eigenvalue weighted by atomic mass is 10.4. The Balaban J connectivity index is 1.66. The number of likely N-dealkylation sites (tertiary alicyclic amines) is 1. The van der Waals surface area contributed by atoms with Crippen LogP contribution < -0.4 is 4.90 Å². The van der Waals surface area contributed by atoms with E-state index in [1.54, 1.807) is 11.3 Å². The molecule has 1 aliphatic rings. The van der Waals surface area contributed by atoms with Crippen molar-refractivity contribution < 1.29 is 0 Å². The molecule has 20 heavy (non-hydrogen) atoms. The highest BCUT2D eigenvalue weighted by Crippen LogP contribution is 2.16. The van der Waals surface area contributed by atoms with E-state index in [1.165, 1.54) is 30.8 Å². The zero-order chi connectivity index (χ0) is 13.6. The van der Waals surface area contributed by atoms with Crippen molar-refractivity contribution in [2.75, 3.05) is 31.1 Å². The largest absolute Gasteiger partial charge is 0.334 e. The molecule has 1 fully saturated rings. The first-order chi connectivity index (χ1) is 9.92. The van der Waals surface area contributed by atoms with Crippen molar-refractivity contribution in [3.8, 4) is 0 Å². The van der Waals surface area contributed by atoms with Crippen LogP contribution in [0.2, 0.25) is 0 Å². The molecule has 3 heterocycles. The average molecular weight is 288 g/mol. The maximum atomic E-state index is 4.41. The van der Waals surface area contributed by atoms with Crippen LogP contribution in [0.25, 0.3) is 0 Å². The van der Waals surface area contributed by atoms with Crippen LogP contribution in [-0.2, 0) is 6.54 Å². The summed E-state index contributed by atoms with van der Waals surface area (Å²) in [6.45, 7) is 5.46. The van der Waals surface area contributed by atoms with Crippen LogP contribution in [0.5, 0.6) is 0 Å². The fourth-order valence-electron chi connectivity index (χ4n) is 2.56. The van der Waals surface area contributed by atoms with Crippen LogP contribution in [0.15, 0.2) is 36.0 Å². The Kier molecular flexibility index (Phi) is 4.61. The van der Waals surface area contributed by atoms with Crippen molar-refractivity contribution in [1.82, 2.24) is 14.9 Å². The Morgan fingerprint density at radius 3 is 2.65 bits per heavy atom. The standard InChI is InChI=1S/C15H20N4S/c1-2-9-18(8-1)10-11-19(13-14-5-3-12-20-14)15-16-6-4-7-17-15/h3-7,12H,1-2,8-11,13H2. The van der Waals surface area contributed by atoms with Crippen LogP contribution >= 0.6 is 11.3 Å². The summed E-state index contributed by atoms with van der Waals surface area (Å²) in [4.78, 5) is 15.0. The molecule has 106 valence electrons. The van der Waals surface area contributed by atoms with Crippen molar-refractivity contribution in [1.29, 1.82) is 0 Å². The van der Waals surface area contributed by atoms with Gasteiger partial charge in [0, 0.05) is 30.4 Å². The van der Waals surface area contributed by atoms with Crippen LogP contribution in [0.1, 0.15) is 17.7 Å². The smallest absolute Gasteiger partial charge is 0.225 e. The van der Waals surface area contributed by atoms with Gasteiger partial charge in [0.15, 0.2) is 0 Å². The van der Waals surface area contributed by atoms with Crippen molar-refractivity contribution in [3.63, 3.8) is 0 Å². The van der Waals surface area contributed by atoms with E-state index in [1.807, 2.05) is 18.5 Å². The average Bonchev–Trinajstić information content (AvgIpc) is 3.18. The fraction of sp³-hybridized carbons (Fsp3) is 0.467. The quantitative estimate of drug-likeness (QED) is 0.818. The summed E-state index contributed by atoms with van der Waals surface area (Å²) in [7, 11) is 0. The highest BCUT2D eigenvalue weighted by atomic mass is 32.1. The van der Waals surface area contributed by atoms with Gasteiger partial charge in [-0.05, 0) is 43.4 Å². The van der Waals surface area contributed by atoms with Crippen molar-refractivity contribution in [3.05, 3.63) is 40.8 Å². The molecule has 2 aromatic rings. The summed E-state index contributed by atoms with van der Waals surface area (Å²) in [5.74, 6) is 0.833. The van der Waals surface area contributed by atoms with Crippen LogP contribution in [0, 0.1) is 0 Å². The number of rotatable bonds is 6. The van der Waals surface area contributed by atoms with E-state index < -0.39 is 0 Å². The second kappa shape index (κ2) is 6.81. The van der Waals surface area contributed by atoms with Gasteiger partial charge < -0.3 is 9.80 Å². The van der Waals surface area contributed by atoms with Gasteiger partial charge in [-0.15, -0.1) is 11.3 Å². The zero-order valence-electron chi connectivity index (χ0n) is 11.6. The normalized spacial score (nSPS) is 15.6. The van der Waals surface area contributed by atoms with Crippen molar-refractivity contribution >= 4 is 17.3 Å². The van der Waals surface area contributed by atoms with E-state index >= 15 is 0 Å². The second-order valence-electron chi connectivity index (χ2n) is 5.10. The third kappa shape index (κ3) is 3.55. The van der Waals surface area contributed by atoms with Gasteiger partial charge in [-0.1, -0.05) is 6.07 Å². The van der Waals surface area contributed by atoms with Crippen molar-refractivity contribution in [2.24, 2.45) is 0 Å². The number of aromatic nitrogens is 2. The SMILES string of the molecule is c1cnc(N(CCN2CCCC2)Cc2cccs2)nc1. The van der Waals surface area contributed by atoms with Gasteiger partial charge in [0.2, 0.25) is 5.95 Å². The predicted octanol–water partition coefficient (Wildman–Crippen LogP) is 2.64. The second-order valence-corrected chi connectivity index (χ2v) is 6.13. The number of anilines is 1. The van der Waals surface area contributed by atoms with E-state index in [0.717, 1.165) is 25.6 Å². The molecule has 3 rings (SSSR count). The third-order valence-electron chi connectivity index (χ3n) is 3.65. The maximum Gasteiger partial charge on any atom is 0.225 e. The van der Waals surface area contributed by atoms with Gasteiger partial charge >= 0.3 is 0 Å². The lowest BCUT2D eigenvalue weighted by molar-refractivity contribution is 0.343. The molecule has 0 radical (unpaired) electrons. The molecule has 1 saturated heterocycles. The number of hydrogen-bond acceptors (Lipinski definition) is 5. The summed E-state index contributed by atoms with van der Waals surface area (Å²) in [5.41, 5.74) is 0. The molecule has 0 saturated carbocycles. The van der Waals surface area contributed by atoms with E-state index in [0.29, 0.717) is 0 Å². The van der Waals surface area contributed by atoms with E-state index in [2.05, 4.69) is 37.3 Å². The molecule has 1 aliphatic heterocycles. The van der Waals surface area contributed by atoms with Gasteiger partial charge in [-0.25, -0.2) is 9.97 Å². The Morgan fingerprint density at radius 1 is 1.15 bits per heavy atom. The number of thiophene rings is 1. The van der Waals surface area contributed by atoms with Gasteiger partial charge in [-0.2, -0.15) is 0 Å². The summed E-state index contributed by atoms with van der Waals surface area (Å²) in [6.07, 6.45) is 6.32. The molecule has 2 aromatic heterocycles. The van der Waals surface area contributed by atoms with E-state index in [-0.39, 0.29) is 0 Å². The monoisotopic (exact) mass is 288 g/mol. The van der Waals surface area contributed by atoms with Gasteiger partial charge in [0.05, 0.1) is 6.54 Å². The summed E-state index contributed by atoms with van der Waals surface area (Å²) < 4.78 is 0. The first-order valence-corrected chi connectivity index (χ1v) is 8.06. The van der Waals surface area contributed by atoms with Crippen molar-refractivity contribution in [2.45, 2.75) is 19.4 Å². The highest BCUT2D eigenvalue weighted by Gasteiger charge is 2.15. The fourth-order valence-corrected chi connectivity index (χ4v) is 3.28. The Hall–Kier alpha value is -1.46. The minimum atomic E-state index is 0.833. The molecule has 0 N–H and O–H groups in total. The van der Waals surface area contributed by atoms with Gasteiger partial charge in [0.1, 0.15) is 0 Å². The highest BCUT2D eigenvalue weighted by molar-refractivity contribution is 7.09. The Bertz CT molecular complexity index is 494. The summed E-state index contributed by atoms with van der Waals surface area (Å²) in [6, 6.07) is 6.15. The topological polar surface area (TPSA) is 32.3 Å². The van der Waals surface area contributed by atoms with Gasteiger partial charge in [-0.3, -0.25) is 0 Å². The maximum absolute atomic E-state index is 4.41. The molecule has 0 bridgehead atoms. The van der Waals surface area contributed by atoms with Crippen LogP contribution in [0.4, 0.5) is 5.95 Å². The van der Waals surface area contributed by atoms with Crippen LogP contribution in [-0.4, -0.2) is 41.0 Å². The molecule has 0 atom stereocenters. The molecular formula is C15H20N4S. The minimum absolute atomic E-state index is 0.833. The number of nitrogens with zero attached hydrogens (tertiary/aromatic N) is 4. The molecule has 0 amide bonds. The predicted molar refractivity (Wildman–Crippen MR) is 83.1 cm³/mol. The number of hydrogen-bond donors (Lipinski definition) is 0. The molecule has 0 aliphatic carbocycles. The summed E-state index contributed by atoms with van der Waals surface area (Å²) in [5, 5.41) is 2.12. The molecule has 4 nitrogen and oxygen atoms in total. The molecule has 5 heteroatoms. The Labute approximate surface area is 124 Å². The van der Waals surface area contributed by atoms with E-state index in [4.69, 9.17) is 0 Å².